The van der Waals surface area contributed by atoms with Gasteiger partial charge in [-0.25, -0.2) is 4.68 Å². The van der Waals surface area contributed by atoms with Crippen LogP contribution in [0.4, 0.5) is 0 Å². The van der Waals surface area contributed by atoms with Crippen LogP contribution in [0.15, 0.2) is 48.5 Å². The predicted octanol–water partition coefficient (Wildman–Crippen LogP) is 5.94. The number of aryl methyl sites for hydroxylation is 2. The Balaban J connectivity index is 1.60. The third-order valence-corrected chi connectivity index (χ3v) is 6.20. The summed E-state index contributed by atoms with van der Waals surface area (Å²) in [7, 11) is 0. The number of nitrogens with zero attached hydrogens (tertiary/aromatic N) is 2. The summed E-state index contributed by atoms with van der Waals surface area (Å²) < 4.78 is 1.89. The molecule has 2 heterocycles. The van der Waals surface area contributed by atoms with Gasteiger partial charge in [-0.05, 0) is 49.7 Å². The monoisotopic (exact) mass is 429 g/mol. The average molecular weight is 430 g/mol. The molecule has 1 amide bonds. The number of hydrogen-bond acceptors (Lipinski definition) is 3. The van der Waals surface area contributed by atoms with Crippen molar-refractivity contribution in [1.82, 2.24) is 15.1 Å². The lowest BCUT2D eigenvalue weighted by Gasteiger charge is -2.06. The summed E-state index contributed by atoms with van der Waals surface area (Å²) in [6.45, 7) is 4.34. The predicted molar refractivity (Wildman–Crippen MR) is 116 cm³/mol. The third-order valence-electron chi connectivity index (χ3n) is 4.50. The van der Waals surface area contributed by atoms with E-state index in [1.165, 1.54) is 16.9 Å². The first-order valence-corrected chi connectivity index (χ1v) is 10.3. The van der Waals surface area contributed by atoms with Crippen LogP contribution < -0.4 is 5.32 Å². The first kappa shape index (κ1) is 19.0. The van der Waals surface area contributed by atoms with Crippen molar-refractivity contribution in [2.75, 3.05) is 0 Å². The number of nitrogens with one attached hydrogen (secondary N) is 1. The molecule has 0 saturated carbocycles. The van der Waals surface area contributed by atoms with Gasteiger partial charge >= 0.3 is 0 Å². The smallest absolute Gasteiger partial charge is 0.261 e. The molecule has 2 aromatic carbocycles. The molecular formula is C21H17Cl2N3OS. The maximum atomic E-state index is 12.7. The second-order valence-electron chi connectivity index (χ2n) is 6.58. The standard InChI is InChI=1S/C21H17Cl2N3OS/c1-12-3-7-16(8-4-12)26-21-17(13(2)25-26)10-19(28-21)20(27)24-11-14-5-6-15(22)9-18(14)23/h3-10H,11H2,1-2H3,(H,24,27). The minimum atomic E-state index is -0.137. The van der Waals surface area contributed by atoms with Crippen LogP contribution in [0.3, 0.4) is 0 Å². The van der Waals surface area contributed by atoms with E-state index in [1.54, 1.807) is 12.1 Å². The summed E-state index contributed by atoms with van der Waals surface area (Å²) >= 11 is 13.5. The van der Waals surface area contributed by atoms with Gasteiger partial charge in [0.25, 0.3) is 5.91 Å². The van der Waals surface area contributed by atoms with Gasteiger partial charge in [-0.15, -0.1) is 11.3 Å². The Morgan fingerprint density at radius 3 is 2.57 bits per heavy atom. The van der Waals surface area contributed by atoms with Crippen LogP contribution in [-0.4, -0.2) is 15.7 Å². The number of carbonyl (C=O) groups is 1. The molecule has 0 fully saturated rings. The first-order valence-electron chi connectivity index (χ1n) is 8.71. The van der Waals surface area contributed by atoms with Gasteiger partial charge in [0.2, 0.25) is 0 Å². The topological polar surface area (TPSA) is 46.9 Å². The number of carbonyl (C=O) groups excluding carboxylic acids is 1. The number of fused-ring (bicyclic) bond motifs is 1. The summed E-state index contributed by atoms with van der Waals surface area (Å²) in [4.78, 5) is 14.3. The normalized spacial score (nSPS) is 11.1. The molecule has 28 heavy (non-hydrogen) atoms. The molecule has 142 valence electrons. The van der Waals surface area contributed by atoms with E-state index in [1.807, 2.05) is 42.8 Å². The minimum absolute atomic E-state index is 0.137. The van der Waals surface area contributed by atoms with Crippen LogP contribution in [0.2, 0.25) is 10.0 Å². The van der Waals surface area contributed by atoms with Crippen molar-refractivity contribution in [3.8, 4) is 5.69 Å². The van der Waals surface area contributed by atoms with Gasteiger partial charge in [0.05, 0.1) is 16.3 Å². The van der Waals surface area contributed by atoms with Crippen molar-refractivity contribution in [3.05, 3.63) is 80.3 Å². The van der Waals surface area contributed by atoms with Gasteiger partial charge in [0.15, 0.2) is 0 Å². The highest BCUT2D eigenvalue weighted by molar-refractivity contribution is 7.20. The Morgan fingerprint density at radius 1 is 1.11 bits per heavy atom. The van der Waals surface area contributed by atoms with E-state index in [4.69, 9.17) is 23.2 Å². The molecule has 0 unspecified atom stereocenters. The highest BCUT2D eigenvalue weighted by Gasteiger charge is 2.17. The zero-order valence-electron chi connectivity index (χ0n) is 15.3. The van der Waals surface area contributed by atoms with E-state index in [9.17, 15) is 4.79 Å². The molecule has 4 aromatic rings. The number of aromatic nitrogens is 2. The quantitative estimate of drug-likeness (QED) is 0.436. The van der Waals surface area contributed by atoms with E-state index >= 15 is 0 Å². The van der Waals surface area contributed by atoms with Crippen LogP contribution in [0, 0.1) is 13.8 Å². The highest BCUT2D eigenvalue weighted by Crippen LogP contribution is 2.30. The molecular weight excluding hydrogens is 413 g/mol. The van der Waals surface area contributed by atoms with Crippen LogP contribution in [0.5, 0.6) is 0 Å². The number of rotatable bonds is 4. The zero-order valence-corrected chi connectivity index (χ0v) is 17.6. The second-order valence-corrected chi connectivity index (χ2v) is 8.45. The number of thiophene rings is 1. The van der Waals surface area contributed by atoms with E-state index in [-0.39, 0.29) is 5.91 Å². The maximum absolute atomic E-state index is 12.7. The van der Waals surface area contributed by atoms with E-state index in [2.05, 4.69) is 22.5 Å². The molecule has 4 nitrogen and oxygen atoms in total. The molecule has 7 heteroatoms. The second kappa shape index (κ2) is 7.59. The Hall–Kier alpha value is -2.34. The molecule has 1 N–H and O–H groups in total. The van der Waals surface area contributed by atoms with Crippen molar-refractivity contribution in [2.45, 2.75) is 20.4 Å². The summed E-state index contributed by atoms with van der Waals surface area (Å²) in [6.07, 6.45) is 0. The zero-order chi connectivity index (χ0) is 19.8. The summed E-state index contributed by atoms with van der Waals surface area (Å²) in [5, 5.41) is 9.65. The third kappa shape index (κ3) is 3.65. The van der Waals surface area contributed by atoms with Gasteiger partial charge in [-0.2, -0.15) is 5.10 Å². The maximum Gasteiger partial charge on any atom is 0.261 e. The van der Waals surface area contributed by atoms with Gasteiger partial charge in [0.1, 0.15) is 4.83 Å². The fourth-order valence-corrected chi connectivity index (χ4v) is 4.52. The molecule has 0 spiro atoms. The number of amides is 1. The lowest BCUT2D eigenvalue weighted by Crippen LogP contribution is -2.21. The van der Waals surface area contributed by atoms with E-state index in [0.29, 0.717) is 21.5 Å². The SMILES string of the molecule is Cc1ccc(-n2nc(C)c3cc(C(=O)NCc4ccc(Cl)cc4Cl)sc32)cc1. The van der Waals surface area contributed by atoms with E-state index < -0.39 is 0 Å². The summed E-state index contributed by atoms with van der Waals surface area (Å²) in [5.74, 6) is -0.137. The van der Waals surface area contributed by atoms with Crippen molar-refractivity contribution in [1.29, 1.82) is 0 Å². The van der Waals surface area contributed by atoms with Crippen LogP contribution >= 0.6 is 34.5 Å². The van der Waals surface area contributed by atoms with Gasteiger partial charge < -0.3 is 5.32 Å². The molecule has 4 rings (SSSR count). The molecule has 0 aliphatic carbocycles. The van der Waals surface area contributed by atoms with Gasteiger partial charge in [0, 0.05) is 22.0 Å². The van der Waals surface area contributed by atoms with Gasteiger partial charge in [-0.3, -0.25) is 4.79 Å². The molecule has 0 aliphatic rings. The Labute approximate surface area is 176 Å². The van der Waals surface area contributed by atoms with Crippen LogP contribution in [0.25, 0.3) is 15.9 Å². The molecule has 0 radical (unpaired) electrons. The average Bonchev–Trinajstić information content (AvgIpc) is 3.22. The van der Waals surface area contributed by atoms with Crippen molar-refractivity contribution in [2.24, 2.45) is 0 Å². The lowest BCUT2D eigenvalue weighted by atomic mass is 10.2. The van der Waals surface area contributed by atoms with Gasteiger partial charge in [-0.1, -0.05) is 47.0 Å². The molecule has 0 saturated heterocycles. The van der Waals surface area contributed by atoms with Crippen molar-refractivity contribution >= 4 is 50.7 Å². The molecule has 0 aliphatic heterocycles. The number of hydrogen-bond donors (Lipinski definition) is 1. The summed E-state index contributed by atoms with van der Waals surface area (Å²) in [6, 6.07) is 15.3. The van der Waals surface area contributed by atoms with Crippen LogP contribution in [0.1, 0.15) is 26.5 Å². The Kier molecular flexibility index (Phi) is 5.15. The number of benzene rings is 2. The lowest BCUT2D eigenvalue weighted by molar-refractivity contribution is 0.0955. The van der Waals surface area contributed by atoms with E-state index in [0.717, 1.165) is 27.2 Å². The minimum Gasteiger partial charge on any atom is -0.347 e. The largest absolute Gasteiger partial charge is 0.347 e. The first-order chi connectivity index (χ1) is 13.4. The Bertz CT molecular complexity index is 1180. The summed E-state index contributed by atoms with van der Waals surface area (Å²) in [5.41, 5.74) is 3.88. The van der Waals surface area contributed by atoms with Crippen molar-refractivity contribution in [3.63, 3.8) is 0 Å². The number of halogens is 2. The van der Waals surface area contributed by atoms with Crippen molar-refractivity contribution < 1.29 is 4.79 Å². The fourth-order valence-electron chi connectivity index (χ4n) is 2.95. The van der Waals surface area contributed by atoms with Crippen LogP contribution in [-0.2, 0) is 6.54 Å². The molecule has 2 aromatic heterocycles. The highest BCUT2D eigenvalue weighted by atomic mass is 35.5. The molecule has 0 atom stereocenters. The Morgan fingerprint density at radius 2 is 1.86 bits per heavy atom. The fraction of sp³-hybridized carbons (Fsp3) is 0.143. The molecule has 0 bridgehead atoms.